The lowest BCUT2D eigenvalue weighted by molar-refractivity contribution is 0.0988. The highest BCUT2D eigenvalue weighted by molar-refractivity contribution is 5.95. The lowest BCUT2D eigenvalue weighted by Crippen LogP contribution is -2.40. The summed E-state index contributed by atoms with van der Waals surface area (Å²) in [5.41, 5.74) is 2.40. The molecule has 0 amide bonds. The number of nitrogens with zero attached hydrogens (tertiary/aromatic N) is 2. The molecule has 4 aromatic rings. The van der Waals surface area contributed by atoms with Gasteiger partial charge >= 0.3 is 5.69 Å². The highest BCUT2D eigenvalue weighted by atomic mass is 16.5. The standard InChI is InChI=1S/C27H26N2O4/c1-3-24(30)20-14-12-19(13-15-20)18-29-23-10-6-5-9-22(23)26(31)28(27(29)32)17-16-21-8-4-7-11-25(21)33-2/h4-15H,3,16-18H2,1-2H3. The molecule has 0 saturated heterocycles. The van der Waals surface area contributed by atoms with Crippen LogP contribution in [0.5, 0.6) is 5.75 Å². The molecule has 0 unspecified atom stereocenters. The number of Topliss-reactive ketones (excluding diaryl/α,β-unsaturated/α-hetero) is 1. The predicted molar refractivity (Wildman–Crippen MR) is 129 cm³/mol. The minimum Gasteiger partial charge on any atom is -0.496 e. The molecule has 6 heteroatoms. The molecule has 0 radical (unpaired) electrons. The first-order valence-electron chi connectivity index (χ1n) is 11.0. The van der Waals surface area contributed by atoms with Crippen molar-refractivity contribution in [3.8, 4) is 5.75 Å². The smallest absolute Gasteiger partial charge is 0.331 e. The van der Waals surface area contributed by atoms with Crippen LogP contribution in [0.4, 0.5) is 0 Å². The number of ether oxygens (including phenoxy) is 1. The van der Waals surface area contributed by atoms with Crippen molar-refractivity contribution >= 4 is 16.7 Å². The molecule has 4 rings (SSSR count). The second-order valence-corrected chi connectivity index (χ2v) is 7.88. The minimum atomic E-state index is -0.359. The third-order valence-corrected chi connectivity index (χ3v) is 5.87. The van der Waals surface area contributed by atoms with Crippen molar-refractivity contribution in [1.82, 2.24) is 9.13 Å². The molecule has 0 bridgehead atoms. The first-order chi connectivity index (χ1) is 16.0. The van der Waals surface area contributed by atoms with Gasteiger partial charge in [-0.25, -0.2) is 4.79 Å². The van der Waals surface area contributed by atoms with E-state index in [4.69, 9.17) is 4.74 Å². The van der Waals surface area contributed by atoms with Gasteiger partial charge in [0.15, 0.2) is 5.78 Å². The average molecular weight is 443 g/mol. The zero-order chi connectivity index (χ0) is 23.4. The molecule has 3 aromatic carbocycles. The van der Waals surface area contributed by atoms with E-state index in [1.165, 1.54) is 4.57 Å². The fraction of sp³-hybridized carbons (Fsp3) is 0.222. The highest BCUT2D eigenvalue weighted by Crippen LogP contribution is 2.18. The Balaban J connectivity index is 1.74. The van der Waals surface area contributed by atoms with Crippen molar-refractivity contribution in [2.24, 2.45) is 0 Å². The number of carbonyl (C=O) groups is 1. The first kappa shape index (κ1) is 22.3. The van der Waals surface area contributed by atoms with Crippen LogP contribution in [0.25, 0.3) is 10.9 Å². The van der Waals surface area contributed by atoms with Gasteiger partial charge in [0.05, 0.1) is 24.6 Å². The molecule has 0 N–H and O–H groups in total. The maximum Gasteiger partial charge on any atom is 0.331 e. The molecule has 0 aliphatic carbocycles. The summed E-state index contributed by atoms with van der Waals surface area (Å²) < 4.78 is 8.32. The third-order valence-electron chi connectivity index (χ3n) is 5.87. The Kier molecular flexibility index (Phi) is 6.54. The molecular formula is C27H26N2O4. The van der Waals surface area contributed by atoms with Crippen LogP contribution < -0.4 is 16.0 Å². The van der Waals surface area contributed by atoms with E-state index >= 15 is 0 Å². The van der Waals surface area contributed by atoms with Gasteiger partial charge in [0.2, 0.25) is 0 Å². The lowest BCUT2D eigenvalue weighted by Gasteiger charge is -2.15. The number of fused-ring (bicyclic) bond motifs is 1. The zero-order valence-corrected chi connectivity index (χ0v) is 18.8. The van der Waals surface area contributed by atoms with E-state index in [0.29, 0.717) is 35.9 Å². The number of hydrogen-bond acceptors (Lipinski definition) is 4. The van der Waals surface area contributed by atoms with Gasteiger partial charge in [-0.05, 0) is 35.7 Å². The average Bonchev–Trinajstić information content (AvgIpc) is 2.86. The quantitative estimate of drug-likeness (QED) is 0.386. The largest absolute Gasteiger partial charge is 0.496 e. The van der Waals surface area contributed by atoms with Crippen LogP contribution in [0.2, 0.25) is 0 Å². The Morgan fingerprint density at radius 1 is 0.879 bits per heavy atom. The summed E-state index contributed by atoms with van der Waals surface area (Å²) in [5.74, 6) is 0.808. The summed E-state index contributed by atoms with van der Waals surface area (Å²) >= 11 is 0. The Hall–Kier alpha value is -3.93. The summed E-state index contributed by atoms with van der Waals surface area (Å²) in [6.07, 6.45) is 0.936. The Morgan fingerprint density at radius 2 is 1.58 bits per heavy atom. The molecule has 0 aliphatic heterocycles. The number of rotatable bonds is 8. The molecule has 0 fully saturated rings. The fourth-order valence-corrected chi connectivity index (χ4v) is 4.05. The number of carbonyl (C=O) groups excluding carboxylic acids is 1. The van der Waals surface area contributed by atoms with E-state index in [-0.39, 0.29) is 23.6 Å². The van der Waals surface area contributed by atoms with Gasteiger partial charge in [-0.2, -0.15) is 0 Å². The van der Waals surface area contributed by atoms with Crippen LogP contribution >= 0.6 is 0 Å². The van der Waals surface area contributed by atoms with Crippen LogP contribution in [-0.4, -0.2) is 22.0 Å². The van der Waals surface area contributed by atoms with E-state index in [1.54, 1.807) is 42.0 Å². The Morgan fingerprint density at radius 3 is 2.30 bits per heavy atom. The van der Waals surface area contributed by atoms with E-state index < -0.39 is 0 Å². The molecule has 6 nitrogen and oxygen atoms in total. The second-order valence-electron chi connectivity index (χ2n) is 7.88. The van der Waals surface area contributed by atoms with E-state index in [1.807, 2.05) is 49.4 Å². The van der Waals surface area contributed by atoms with Gasteiger partial charge in [-0.3, -0.25) is 18.7 Å². The fourth-order valence-electron chi connectivity index (χ4n) is 4.05. The number of hydrogen-bond donors (Lipinski definition) is 0. The molecule has 0 aliphatic rings. The van der Waals surface area contributed by atoms with Crippen LogP contribution in [0, 0.1) is 0 Å². The maximum atomic E-state index is 13.4. The van der Waals surface area contributed by atoms with Gasteiger partial charge in [0.25, 0.3) is 5.56 Å². The molecule has 0 atom stereocenters. The molecular weight excluding hydrogens is 416 g/mol. The van der Waals surface area contributed by atoms with Crippen molar-refractivity contribution in [1.29, 1.82) is 0 Å². The zero-order valence-electron chi connectivity index (χ0n) is 18.8. The van der Waals surface area contributed by atoms with Crippen molar-refractivity contribution in [3.63, 3.8) is 0 Å². The van der Waals surface area contributed by atoms with Gasteiger partial charge in [0.1, 0.15) is 5.75 Å². The molecule has 33 heavy (non-hydrogen) atoms. The van der Waals surface area contributed by atoms with Crippen molar-refractivity contribution < 1.29 is 9.53 Å². The normalized spacial score (nSPS) is 11.0. The molecule has 0 spiro atoms. The van der Waals surface area contributed by atoms with Crippen molar-refractivity contribution in [2.45, 2.75) is 32.9 Å². The Labute approximate surface area is 191 Å². The van der Waals surface area contributed by atoms with E-state index in [0.717, 1.165) is 16.9 Å². The van der Waals surface area contributed by atoms with Gasteiger partial charge in [0, 0.05) is 18.5 Å². The Bertz CT molecular complexity index is 1420. The summed E-state index contributed by atoms with van der Waals surface area (Å²) in [6.45, 7) is 2.37. The van der Waals surface area contributed by atoms with Crippen LogP contribution in [0.3, 0.4) is 0 Å². The summed E-state index contributed by atoms with van der Waals surface area (Å²) in [7, 11) is 1.60. The maximum absolute atomic E-state index is 13.4. The summed E-state index contributed by atoms with van der Waals surface area (Å²) in [4.78, 5) is 38.5. The van der Waals surface area contributed by atoms with Crippen molar-refractivity contribution in [3.05, 3.63) is 110 Å². The number of aromatic nitrogens is 2. The van der Waals surface area contributed by atoms with Gasteiger partial charge < -0.3 is 4.74 Å². The van der Waals surface area contributed by atoms with Gasteiger partial charge in [-0.1, -0.05) is 61.5 Å². The first-order valence-corrected chi connectivity index (χ1v) is 11.0. The lowest BCUT2D eigenvalue weighted by atomic mass is 10.1. The van der Waals surface area contributed by atoms with Crippen LogP contribution in [-0.2, 0) is 19.5 Å². The molecule has 168 valence electrons. The second kappa shape index (κ2) is 9.69. The number of aryl methyl sites for hydroxylation is 1. The van der Waals surface area contributed by atoms with Gasteiger partial charge in [-0.15, -0.1) is 0 Å². The number of methoxy groups -OCH3 is 1. The van der Waals surface area contributed by atoms with Crippen molar-refractivity contribution in [2.75, 3.05) is 7.11 Å². The highest BCUT2D eigenvalue weighted by Gasteiger charge is 2.14. The van der Waals surface area contributed by atoms with E-state index in [9.17, 15) is 14.4 Å². The number of benzene rings is 3. The van der Waals surface area contributed by atoms with E-state index in [2.05, 4.69) is 0 Å². The third kappa shape index (κ3) is 4.51. The summed E-state index contributed by atoms with van der Waals surface area (Å²) in [6, 6.07) is 22.0. The molecule has 0 saturated carbocycles. The summed E-state index contributed by atoms with van der Waals surface area (Å²) in [5, 5.41) is 0.495. The molecule has 1 aromatic heterocycles. The van der Waals surface area contributed by atoms with Crippen LogP contribution in [0.15, 0.2) is 82.4 Å². The minimum absolute atomic E-state index is 0.0778. The monoisotopic (exact) mass is 442 g/mol. The SMILES string of the molecule is CCC(=O)c1ccc(Cn2c(=O)n(CCc3ccccc3OC)c(=O)c3ccccc32)cc1. The topological polar surface area (TPSA) is 70.3 Å². The number of para-hydroxylation sites is 2. The predicted octanol–water partition coefficient (Wildman–Crippen LogP) is 4.06. The van der Waals surface area contributed by atoms with Crippen LogP contribution in [0.1, 0.15) is 34.8 Å². The number of ketones is 1. The molecule has 1 heterocycles.